The Kier molecular flexibility index (Phi) is 9.17. The van der Waals surface area contributed by atoms with E-state index in [9.17, 15) is 0 Å². The van der Waals surface area contributed by atoms with Gasteiger partial charge in [0.1, 0.15) is 10.0 Å². The molecule has 3 heteroatoms. The van der Waals surface area contributed by atoms with Crippen LogP contribution < -0.4 is 0 Å². The fourth-order valence-electron chi connectivity index (χ4n) is 0.746. The summed E-state index contributed by atoms with van der Waals surface area (Å²) in [5.74, 6) is 0. The van der Waals surface area contributed by atoms with Crippen LogP contribution in [0.25, 0.3) is 0 Å². The van der Waals surface area contributed by atoms with Gasteiger partial charge >= 0.3 is 0 Å². The zero-order valence-corrected chi connectivity index (χ0v) is 9.21. The third kappa shape index (κ3) is 12.7. The summed E-state index contributed by atoms with van der Waals surface area (Å²) in [4.78, 5) is 2.53. The molecule has 0 rings (SSSR count). The van der Waals surface area contributed by atoms with E-state index in [2.05, 4.69) is 32.1 Å². The van der Waals surface area contributed by atoms with E-state index in [-0.39, 0.29) is 0 Å². The van der Waals surface area contributed by atoms with Crippen molar-refractivity contribution in [2.24, 2.45) is 10.2 Å². The summed E-state index contributed by atoms with van der Waals surface area (Å²) in [6.07, 6.45) is 4.52. The van der Waals surface area contributed by atoms with Gasteiger partial charge in [0, 0.05) is 0 Å². The Hall–Kier alpha value is -0.443. The SMILES string of the molecule is C=CC(C)(C)CCC.ON=[SiH2]. The predicted molar refractivity (Wildman–Crippen MR) is 51.6 cm³/mol. The minimum Gasteiger partial charge on any atom is -0.422 e. The molecule has 0 aliphatic heterocycles. The first-order valence-corrected chi connectivity index (χ1v) is 4.41. The van der Waals surface area contributed by atoms with Crippen LogP contribution in [-0.4, -0.2) is 15.2 Å². The highest BCUT2D eigenvalue weighted by Crippen LogP contribution is 2.22. The Morgan fingerprint density at radius 3 is 2.09 bits per heavy atom. The molecule has 1 N–H and O–H groups in total. The smallest absolute Gasteiger partial charge is 0.148 e. The van der Waals surface area contributed by atoms with E-state index in [0.29, 0.717) is 5.41 Å². The number of hydrogen-bond donors (Lipinski definition) is 1. The quantitative estimate of drug-likeness (QED) is 0.396. The van der Waals surface area contributed by atoms with Crippen LogP contribution in [0, 0.1) is 5.41 Å². The van der Waals surface area contributed by atoms with Gasteiger partial charge in [-0.15, -0.1) is 6.58 Å². The molecule has 0 unspecified atom stereocenters. The number of nitrogens with zero attached hydrogens (tertiary/aromatic N) is 1. The molecule has 0 heterocycles. The van der Waals surface area contributed by atoms with Crippen LogP contribution in [0.1, 0.15) is 33.6 Å². The van der Waals surface area contributed by atoms with Crippen molar-refractivity contribution in [3.63, 3.8) is 0 Å². The van der Waals surface area contributed by atoms with Gasteiger partial charge in [-0.05, 0) is 11.8 Å². The highest BCUT2D eigenvalue weighted by molar-refractivity contribution is 5.91. The standard InChI is InChI=1S/C8H16.H3NOSi/c1-5-7-8(3,4)6-2;2-1-3/h6H,2,5,7H2,1,3-4H3;2H,3H2. The van der Waals surface area contributed by atoms with Gasteiger partial charge in [0.2, 0.25) is 0 Å². The normalized spacial score (nSPS) is 9.36. The van der Waals surface area contributed by atoms with Crippen molar-refractivity contribution in [2.45, 2.75) is 33.6 Å². The largest absolute Gasteiger partial charge is 0.422 e. The Morgan fingerprint density at radius 2 is 2.00 bits per heavy atom. The molecule has 0 aromatic heterocycles. The molecule has 0 spiro atoms. The lowest BCUT2D eigenvalue weighted by Crippen LogP contribution is -2.04. The van der Waals surface area contributed by atoms with E-state index >= 15 is 0 Å². The second kappa shape index (κ2) is 7.66. The molecule has 0 saturated carbocycles. The molecule has 0 radical (unpaired) electrons. The van der Waals surface area contributed by atoms with Gasteiger partial charge < -0.3 is 5.21 Å². The van der Waals surface area contributed by atoms with Gasteiger partial charge in [-0.25, -0.2) is 0 Å². The van der Waals surface area contributed by atoms with Gasteiger partial charge in [-0.3, -0.25) is 0 Å². The van der Waals surface area contributed by atoms with Gasteiger partial charge in [0.25, 0.3) is 0 Å². The molecular formula is C8H19NOSi. The highest BCUT2D eigenvalue weighted by atomic mass is 28.1. The van der Waals surface area contributed by atoms with Crippen molar-refractivity contribution in [3.8, 4) is 0 Å². The molecule has 0 amide bonds. The molecule has 0 aromatic carbocycles. The van der Waals surface area contributed by atoms with Gasteiger partial charge in [0.15, 0.2) is 0 Å². The van der Waals surface area contributed by atoms with Crippen LogP contribution in [0.5, 0.6) is 0 Å². The number of rotatable bonds is 3. The minimum atomic E-state index is 0.356. The summed E-state index contributed by atoms with van der Waals surface area (Å²) in [5.41, 5.74) is 0.356. The van der Waals surface area contributed by atoms with Crippen molar-refractivity contribution >= 4 is 10.0 Å². The third-order valence-electron chi connectivity index (χ3n) is 1.45. The third-order valence-corrected chi connectivity index (χ3v) is 1.45. The van der Waals surface area contributed by atoms with E-state index in [1.165, 1.54) is 12.8 Å². The second-order valence-corrected chi connectivity index (χ2v) is 3.37. The summed E-state index contributed by atoms with van der Waals surface area (Å²) in [5, 5.41) is 7.21. The maximum atomic E-state index is 7.21. The summed E-state index contributed by atoms with van der Waals surface area (Å²) >= 11 is 0. The predicted octanol–water partition coefficient (Wildman–Crippen LogP) is 2.19. The van der Waals surface area contributed by atoms with E-state index in [0.717, 1.165) is 10.0 Å². The molecule has 11 heavy (non-hydrogen) atoms. The first-order valence-electron chi connectivity index (χ1n) is 3.77. The average molecular weight is 173 g/mol. The molecule has 0 bridgehead atoms. The maximum Gasteiger partial charge on any atom is 0.148 e. The molecule has 0 saturated heterocycles. The first kappa shape index (κ1) is 13.2. The lowest BCUT2D eigenvalue weighted by molar-refractivity contribution is 0.326. The number of allylic oxidation sites excluding steroid dienone is 1. The molecule has 0 aromatic rings. The van der Waals surface area contributed by atoms with E-state index in [4.69, 9.17) is 5.21 Å². The van der Waals surface area contributed by atoms with Gasteiger partial charge in [0.05, 0.1) is 0 Å². The highest BCUT2D eigenvalue weighted by Gasteiger charge is 2.09. The van der Waals surface area contributed by atoms with Crippen LogP contribution in [0.15, 0.2) is 17.5 Å². The molecule has 2 nitrogen and oxygen atoms in total. The second-order valence-electron chi connectivity index (χ2n) is 3.08. The van der Waals surface area contributed by atoms with E-state index < -0.39 is 0 Å². The Labute approximate surface area is 72.4 Å². The Balaban J connectivity index is 0. The van der Waals surface area contributed by atoms with Crippen LogP contribution in [0.2, 0.25) is 0 Å². The lowest BCUT2D eigenvalue weighted by atomic mass is 9.89. The molecular weight excluding hydrogens is 154 g/mol. The van der Waals surface area contributed by atoms with Crippen molar-refractivity contribution < 1.29 is 5.21 Å². The zero-order chi connectivity index (χ0) is 9.33. The summed E-state index contributed by atoms with van der Waals surface area (Å²) in [7, 11) is 1.15. The summed E-state index contributed by atoms with van der Waals surface area (Å²) < 4.78 is 0. The van der Waals surface area contributed by atoms with Crippen molar-refractivity contribution in [2.75, 3.05) is 0 Å². The summed E-state index contributed by atoms with van der Waals surface area (Å²) in [6.45, 7) is 10.4. The monoisotopic (exact) mass is 173 g/mol. The Bertz CT molecular complexity index is 113. The lowest BCUT2D eigenvalue weighted by Gasteiger charge is -2.17. The van der Waals surface area contributed by atoms with Crippen LogP contribution >= 0.6 is 0 Å². The first-order chi connectivity index (χ1) is 5.04. The topological polar surface area (TPSA) is 32.6 Å². The van der Waals surface area contributed by atoms with E-state index in [1.807, 2.05) is 6.08 Å². The zero-order valence-electron chi connectivity index (χ0n) is 7.80. The van der Waals surface area contributed by atoms with Crippen LogP contribution in [0.4, 0.5) is 0 Å². The molecule has 66 valence electrons. The molecule has 0 fully saturated rings. The van der Waals surface area contributed by atoms with E-state index in [1.54, 1.807) is 0 Å². The van der Waals surface area contributed by atoms with Crippen LogP contribution in [0.3, 0.4) is 0 Å². The molecule has 0 aliphatic carbocycles. The minimum absolute atomic E-state index is 0.356. The molecule has 0 atom stereocenters. The van der Waals surface area contributed by atoms with Gasteiger partial charge in [-0.2, -0.15) is 4.80 Å². The number of hydrogen-bond acceptors (Lipinski definition) is 2. The maximum absolute atomic E-state index is 7.21. The van der Waals surface area contributed by atoms with Crippen molar-refractivity contribution in [3.05, 3.63) is 12.7 Å². The van der Waals surface area contributed by atoms with Crippen LogP contribution in [-0.2, 0) is 0 Å². The fourth-order valence-corrected chi connectivity index (χ4v) is 0.746. The van der Waals surface area contributed by atoms with Crippen molar-refractivity contribution in [1.82, 2.24) is 0 Å². The fraction of sp³-hybridized carbons (Fsp3) is 0.750. The Morgan fingerprint density at radius 1 is 1.64 bits per heavy atom. The summed E-state index contributed by atoms with van der Waals surface area (Å²) in [6, 6.07) is 0. The van der Waals surface area contributed by atoms with Crippen molar-refractivity contribution in [1.29, 1.82) is 0 Å². The average Bonchev–Trinajstić information content (AvgIpc) is 1.90. The molecule has 0 aliphatic rings. The van der Waals surface area contributed by atoms with Gasteiger partial charge in [-0.1, -0.05) is 33.3 Å².